The molecule has 2 N–H and O–H groups in total. The lowest BCUT2D eigenvalue weighted by Crippen LogP contribution is -2.57. The maximum Gasteiger partial charge on any atom is 0.191 e. The zero-order chi connectivity index (χ0) is 17.5. The highest BCUT2D eigenvalue weighted by atomic mass is 16.5. The molecule has 0 aromatic heterocycles. The molecular weight excluding hydrogens is 288 g/mol. The van der Waals surface area contributed by atoms with Gasteiger partial charge in [-0.1, -0.05) is 20.8 Å². The van der Waals surface area contributed by atoms with E-state index < -0.39 is 0 Å². The molecule has 0 aromatic rings. The van der Waals surface area contributed by atoms with Crippen LogP contribution in [0.1, 0.15) is 53.4 Å². The minimum absolute atomic E-state index is 0.157. The minimum atomic E-state index is 0.157. The van der Waals surface area contributed by atoms with Gasteiger partial charge in [0, 0.05) is 38.4 Å². The molecule has 136 valence electrons. The summed E-state index contributed by atoms with van der Waals surface area (Å²) in [6, 6.07) is 0.422. The smallest absolute Gasteiger partial charge is 0.191 e. The number of ether oxygens (including phenoxy) is 1. The highest BCUT2D eigenvalue weighted by Crippen LogP contribution is 2.25. The number of guanidine groups is 1. The molecule has 5 nitrogen and oxygen atoms in total. The molecule has 0 amide bonds. The van der Waals surface area contributed by atoms with Gasteiger partial charge in [-0.05, 0) is 52.1 Å². The highest BCUT2D eigenvalue weighted by molar-refractivity contribution is 5.80. The minimum Gasteiger partial charge on any atom is -0.381 e. The molecule has 1 atom stereocenters. The molecule has 23 heavy (non-hydrogen) atoms. The van der Waals surface area contributed by atoms with Gasteiger partial charge < -0.3 is 20.3 Å². The van der Waals surface area contributed by atoms with Gasteiger partial charge in [0.05, 0.1) is 0 Å². The van der Waals surface area contributed by atoms with E-state index in [1.165, 1.54) is 6.42 Å². The van der Waals surface area contributed by atoms with Gasteiger partial charge in [-0.15, -0.1) is 0 Å². The summed E-state index contributed by atoms with van der Waals surface area (Å²) >= 11 is 0. The fourth-order valence-electron chi connectivity index (χ4n) is 2.93. The van der Waals surface area contributed by atoms with Crippen LogP contribution in [-0.4, -0.2) is 63.3 Å². The second-order valence-corrected chi connectivity index (χ2v) is 8.30. The van der Waals surface area contributed by atoms with Crippen LogP contribution in [-0.2, 0) is 4.74 Å². The van der Waals surface area contributed by atoms with Crippen LogP contribution < -0.4 is 10.6 Å². The second kappa shape index (κ2) is 8.88. The van der Waals surface area contributed by atoms with E-state index in [1.54, 1.807) is 0 Å². The van der Waals surface area contributed by atoms with Gasteiger partial charge in [-0.3, -0.25) is 4.99 Å². The molecule has 1 unspecified atom stereocenters. The topological polar surface area (TPSA) is 48.9 Å². The molecule has 1 saturated heterocycles. The number of nitrogens with one attached hydrogen (secondary N) is 2. The first-order valence-corrected chi connectivity index (χ1v) is 8.91. The Bertz CT molecular complexity index is 368. The molecule has 1 rings (SSSR count). The van der Waals surface area contributed by atoms with Crippen LogP contribution >= 0.6 is 0 Å². The molecule has 1 aliphatic rings. The van der Waals surface area contributed by atoms with E-state index in [2.05, 4.69) is 62.3 Å². The third-order valence-corrected chi connectivity index (χ3v) is 4.89. The summed E-state index contributed by atoms with van der Waals surface area (Å²) in [7, 11) is 6.17. The van der Waals surface area contributed by atoms with Gasteiger partial charge in [-0.25, -0.2) is 0 Å². The fraction of sp³-hybridized carbons (Fsp3) is 0.944. The van der Waals surface area contributed by atoms with Crippen molar-refractivity contribution in [2.24, 2.45) is 10.4 Å². The van der Waals surface area contributed by atoms with Gasteiger partial charge in [0.15, 0.2) is 5.96 Å². The number of likely N-dealkylation sites (N-methyl/N-ethyl adjacent to an activating group) is 1. The first-order chi connectivity index (χ1) is 10.7. The Balaban J connectivity index is 2.49. The first-order valence-electron chi connectivity index (χ1n) is 8.91. The van der Waals surface area contributed by atoms with Crippen molar-refractivity contribution < 1.29 is 4.74 Å². The lowest BCUT2D eigenvalue weighted by molar-refractivity contribution is -0.00502. The largest absolute Gasteiger partial charge is 0.381 e. The average Bonchev–Trinajstić information content (AvgIpc) is 2.49. The van der Waals surface area contributed by atoms with Crippen molar-refractivity contribution in [3.05, 3.63) is 0 Å². The van der Waals surface area contributed by atoms with Crippen LogP contribution in [0.2, 0.25) is 0 Å². The summed E-state index contributed by atoms with van der Waals surface area (Å²) in [5.41, 5.74) is 0.536. The molecule has 0 bridgehead atoms. The van der Waals surface area contributed by atoms with E-state index >= 15 is 0 Å². The molecule has 1 heterocycles. The van der Waals surface area contributed by atoms with E-state index in [0.717, 1.165) is 45.0 Å². The van der Waals surface area contributed by atoms with Crippen LogP contribution in [0.3, 0.4) is 0 Å². The lowest BCUT2D eigenvalue weighted by Gasteiger charge is -2.43. The Kier molecular flexibility index (Phi) is 7.81. The van der Waals surface area contributed by atoms with Crippen LogP contribution in [0.5, 0.6) is 0 Å². The Morgan fingerprint density at radius 3 is 2.35 bits per heavy atom. The van der Waals surface area contributed by atoms with Gasteiger partial charge in [0.2, 0.25) is 0 Å². The van der Waals surface area contributed by atoms with Crippen molar-refractivity contribution in [2.45, 2.75) is 65.0 Å². The van der Waals surface area contributed by atoms with Gasteiger partial charge >= 0.3 is 0 Å². The number of rotatable bonds is 6. The summed E-state index contributed by atoms with van der Waals surface area (Å²) in [6.07, 6.45) is 4.47. The van der Waals surface area contributed by atoms with Crippen molar-refractivity contribution in [3.63, 3.8) is 0 Å². The Hall–Kier alpha value is -0.810. The molecule has 0 radical (unpaired) electrons. The first kappa shape index (κ1) is 20.2. The quantitative estimate of drug-likeness (QED) is 0.581. The Morgan fingerprint density at radius 1 is 1.26 bits per heavy atom. The van der Waals surface area contributed by atoms with Crippen LogP contribution in [0, 0.1) is 5.41 Å². The predicted octanol–water partition coefficient (Wildman–Crippen LogP) is 2.48. The molecule has 0 aromatic carbocycles. The summed E-state index contributed by atoms with van der Waals surface area (Å²) in [5.74, 6) is 0.902. The average molecular weight is 327 g/mol. The maximum absolute atomic E-state index is 5.54. The number of hydrogen-bond donors (Lipinski definition) is 2. The van der Waals surface area contributed by atoms with Gasteiger partial charge in [0.1, 0.15) is 0 Å². The van der Waals surface area contributed by atoms with Crippen molar-refractivity contribution in [1.29, 1.82) is 0 Å². The summed E-state index contributed by atoms with van der Waals surface area (Å²) < 4.78 is 5.54. The van der Waals surface area contributed by atoms with E-state index in [9.17, 15) is 0 Å². The zero-order valence-electron chi connectivity index (χ0n) is 16.3. The number of nitrogens with zero attached hydrogens (tertiary/aromatic N) is 2. The van der Waals surface area contributed by atoms with Crippen LogP contribution in [0.15, 0.2) is 4.99 Å². The highest BCUT2D eigenvalue weighted by Gasteiger charge is 2.34. The summed E-state index contributed by atoms with van der Waals surface area (Å²) in [4.78, 5) is 6.72. The Morgan fingerprint density at radius 2 is 1.87 bits per heavy atom. The fourth-order valence-corrected chi connectivity index (χ4v) is 2.93. The molecule has 5 heteroatoms. The Labute approximate surface area is 143 Å². The van der Waals surface area contributed by atoms with Crippen LogP contribution in [0.25, 0.3) is 0 Å². The van der Waals surface area contributed by atoms with Crippen LogP contribution in [0.4, 0.5) is 0 Å². The molecule has 1 fully saturated rings. The molecule has 0 saturated carbocycles. The number of hydrogen-bond acceptors (Lipinski definition) is 3. The zero-order valence-corrected chi connectivity index (χ0v) is 16.3. The second-order valence-electron chi connectivity index (χ2n) is 8.30. The third kappa shape index (κ3) is 7.08. The maximum atomic E-state index is 5.54. The third-order valence-electron chi connectivity index (χ3n) is 4.89. The van der Waals surface area contributed by atoms with Gasteiger partial charge in [-0.2, -0.15) is 0 Å². The molecular formula is C18H38N4O. The van der Waals surface area contributed by atoms with Crippen molar-refractivity contribution >= 4 is 5.96 Å². The van der Waals surface area contributed by atoms with E-state index in [4.69, 9.17) is 4.74 Å². The molecule has 0 spiro atoms. The van der Waals surface area contributed by atoms with E-state index in [1.807, 2.05) is 7.05 Å². The number of aliphatic imine (C=N–C) groups is 1. The van der Waals surface area contributed by atoms with E-state index in [0.29, 0.717) is 11.5 Å². The van der Waals surface area contributed by atoms with Crippen molar-refractivity contribution in [2.75, 3.05) is 40.9 Å². The van der Waals surface area contributed by atoms with E-state index in [-0.39, 0.29) is 5.54 Å². The van der Waals surface area contributed by atoms with Crippen molar-refractivity contribution in [3.8, 4) is 0 Å². The molecule has 0 aliphatic carbocycles. The van der Waals surface area contributed by atoms with Crippen molar-refractivity contribution in [1.82, 2.24) is 15.5 Å². The molecule has 1 aliphatic heterocycles. The standard InChI is InChI=1S/C18H38N4O/c1-15(8-9-17(2,3)4)21-16(19-5)20-14-18(22(6)7)10-12-23-13-11-18/h15H,8-14H2,1-7H3,(H2,19,20,21). The SMILES string of the molecule is CN=C(NCC1(N(C)C)CCOCC1)NC(C)CCC(C)(C)C. The normalized spacial score (nSPS) is 20.4. The summed E-state index contributed by atoms with van der Waals surface area (Å²) in [6.45, 7) is 11.7. The monoisotopic (exact) mass is 326 g/mol. The predicted molar refractivity (Wildman–Crippen MR) is 99.1 cm³/mol. The lowest BCUT2D eigenvalue weighted by atomic mass is 9.88. The summed E-state index contributed by atoms with van der Waals surface area (Å²) in [5, 5.41) is 7.06. The van der Waals surface area contributed by atoms with Gasteiger partial charge in [0.25, 0.3) is 0 Å².